The summed E-state index contributed by atoms with van der Waals surface area (Å²) in [5.41, 5.74) is 5.31. The first-order valence-electron chi connectivity index (χ1n) is 5.08. The van der Waals surface area contributed by atoms with Crippen LogP contribution in [0.2, 0.25) is 0 Å². The van der Waals surface area contributed by atoms with Crippen LogP contribution in [0.3, 0.4) is 0 Å². The minimum Gasteiger partial charge on any atom is -0.368 e. The van der Waals surface area contributed by atoms with Crippen LogP contribution in [0.1, 0.15) is 26.2 Å². The Morgan fingerprint density at radius 2 is 2.43 bits per heavy atom. The molecule has 1 aliphatic rings. The number of likely N-dealkylation sites (tertiary alicyclic amines) is 1. The van der Waals surface area contributed by atoms with Crippen molar-refractivity contribution in [2.45, 2.75) is 32.2 Å². The summed E-state index contributed by atoms with van der Waals surface area (Å²) in [6, 6.07) is 2.02. The van der Waals surface area contributed by atoms with Crippen LogP contribution < -0.4 is 5.73 Å². The molecule has 1 amide bonds. The molecule has 1 aliphatic heterocycles. The third-order valence-electron chi connectivity index (χ3n) is 2.67. The molecule has 4 nitrogen and oxygen atoms in total. The summed E-state index contributed by atoms with van der Waals surface area (Å²) in [5, 5.41) is 8.70. The molecular formula is C10H17N3O. The molecule has 78 valence electrons. The topological polar surface area (TPSA) is 70.1 Å². The normalized spacial score (nSPS) is 25.3. The zero-order valence-corrected chi connectivity index (χ0v) is 8.57. The predicted molar refractivity (Wildman–Crippen MR) is 53.2 cm³/mol. The number of piperidine rings is 1. The van der Waals surface area contributed by atoms with Crippen LogP contribution in [0.5, 0.6) is 0 Å². The van der Waals surface area contributed by atoms with Gasteiger partial charge in [-0.1, -0.05) is 6.42 Å². The van der Waals surface area contributed by atoms with Crippen molar-refractivity contribution in [3.63, 3.8) is 0 Å². The zero-order valence-electron chi connectivity index (χ0n) is 8.57. The minimum atomic E-state index is -0.255. The van der Waals surface area contributed by atoms with E-state index in [4.69, 9.17) is 11.0 Å². The standard InChI is InChI=1S/C10H17N3O/c1-8(6-11)7-13-5-3-2-4-9(13)10(12)14/h8-9H,2-5,7H2,1H3,(H2,12,14). The third-order valence-corrected chi connectivity index (χ3v) is 2.67. The highest BCUT2D eigenvalue weighted by molar-refractivity contribution is 5.79. The van der Waals surface area contributed by atoms with Crippen molar-refractivity contribution in [1.29, 1.82) is 5.26 Å². The Morgan fingerprint density at radius 1 is 1.71 bits per heavy atom. The molecule has 2 unspecified atom stereocenters. The second-order valence-corrected chi connectivity index (χ2v) is 3.94. The highest BCUT2D eigenvalue weighted by Gasteiger charge is 2.27. The molecular weight excluding hydrogens is 178 g/mol. The van der Waals surface area contributed by atoms with Gasteiger partial charge in [0, 0.05) is 6.54 Å². The lowest BCUT2D eigenvalue weighted by Gasteiger charge is -2.34. The molecule has 1 rings (SSSR count). The summed E-state index contributed by atoms with van der Waals surface area (Å²) < 4.78 is 0. The van der Waals surface area contributed by atoms with Crippen LogP contribution >= 0.6 is 0 Å². The van der Waals surface area contributed by atoms with Gasteiger partial charge in [0.15, 0.2) is 0 Å². The lowest BCUT2D eigenvalue weighted by molar-refractivity contribution is -0.124. The van der Waals surface area contributed by atoms with Crippen LogP contribution in [0.15, 0.2) is 0 Å². The Hall–Kier alpha value is -1.08. The van der Waals surface area contributed by atoms with Crippen LogP contribution in [-0.2, 0) is 4.79 Å². The number of primary amides is 1. The van der Waals surface area contributed by atoms with Crippen molar-refractivity contribution in [2.24, 2.45) is 11.7 Å². The highest BCUT2D eigenvalue weighted by Crippen LogP contribution is 2.17. The summed E-state index contributed by atoms with van der Waals surface area (Å²) in [5.74, 6) is -0.287. The highest BCUT2D eigenvalue weighted by atomic mass is 16.1. The molecule has 0 radical (unpaired) electrons. The lowest BCUT2D eigenvalue weighted by atomic mass is 10.00. The molecule has 14 heavy (non-hydrogen) atoms. The average molecular weight is 195 g/mol. The smallest absolute Gasteiger partial charge is 0.234 e. The van der Waals surface area contributed by atoms with Gasteiger partial charge in [-0.3, -0.25) is 9.69 Å². The molecule has 0 aromatic heterocycles. The van der Waals surface area contributed by atoms with E-state index < -0.39 is 0 Å². The van der Waals surface area contributed by atoms with Crippen LogP contribution in [0, 0.1) is 17.2 Å². The van der Waals surface area contributed by atoms with Gasteiger partial charge in [-0.2, -0.15) is 5.26 Å². The van der Waals surface area contributed by atoms with E-state index in [1.807, 2.05) is 11.8 Å². The maximum atomic E-state index is 11.1. The molecule has 2 atom stereocenters. The number of carbonyl (C=O) groups is 1. The van der Waals surface area contributed by atoms with Crippen molar-refractivity contribution in [3.05, 3.63) is 0 Å². The summed E-state index contributed by atoms with van der Waals surface area (Å²) in [6.07, 6.45) is 3.00. The van der Waals surface area contributed by atoms with Gasteiger partial charge in [0.05, 0.1) is 18.0 Å². The first-order chi connectivity index (χ1) is 6.65. The number of nitriles is 1. The molecule has 0 aliphatic carbocycles. The zero-order chi connectivity index (χ0) is 10.6. The van der Waals surface area contributed by atoms with E-state index >= 15 is 0 Å². The molecule has 0 saturated carbocycles. The fourth-order valence-electron chi connectivity index (χ4n) is 1.92. The Kier molecular flexibility index (Phi) is 3.90. The van der Waals surface area contributed by atoms with Crippen molar-refractivity contribution >= 4 is 5.91 Å². The molecule has 1 heterocycles. The molecule has 0 bridgehead atoms. The molecule has 0 aromatic carbocycles. The van der Waals surface area contributed by atoms with E-state index in [9.17, 15) is 4.79 Å². The number of nitrogens with two attached hydrogens (primary N) is 1. The number of hydrogen-bond donors (Lipinski definition) is 1. The van der Waals surface area contributed by atoms with Crippen LogP contribution in [0.25, 0.3) is 0 Å². The van der Waals surface area contributed by atoms with Gasteiger partial charge >= 0.3 is 0 Å². The summed E-state index contributed by atoms with van der Waals surface area (Å²) >= 11 is 0. The Bertz CT molecular complexity index is 246. The van der Waals surface area contributed by atoms with Crippen molar-refractivity contribution < 1.29 is 4.79 Å². The number of nitrogens with zero attached hydrogens (tertiary/aromatic N) is 2. The summed E-state index contributed by atoms with van der Waals surface area (Å²) in [6.45, 7) is 3.41. The summed E-state index contributed by atoms with van der Waals surface area (Å²) in [7, 11) is 0. The fourth-order valence-corrected chi connectivity index (χ4v) is 1.92. The predicted octanol–water partition coefficient (Wildman–Crippen LogP) is 0.486. The first kappa shape index (κ1) is 11.0. The largest absolute Gasteiger partial charge is 0.368 e. The minimum absolute atomic E-state index is 0.0325. The number of carbonyl (C=O) groups excluding carboxylic acids is 1. The SMILES string of the molecule is CC(C#N)CN1CCCCC1C(N)=O. The Balaban J connectivity index is 2.55. The van der Waals surface area contributed by atoms with E-state index in [1.165, 1.54) is 0 Å². The maximum absolute atomic E-state index is 11.1. The average Bonchev–Trinajstić information content (AvgIpc) is 2.18. The number of rotatable bonds is 3. The second kappa shape index (κ2) is 4.97. The van der Waals surface area contributed by atoms with Crippen molar-refractivity contribution in [3.8, 4) is 6.07 Å². The van der Waals surface area contributed by atoms with E-state index in [-0.39, 0.29) is 17.9 Å². The van der Waals surface area contributed by atoms with Crippen molar-refractivity contribution in [2.75, 3.05) is 13.1 Å². The quantitative estimate of drug-likeness (QED) is 0.712. The Labute approximate surface area is 84.7 Å². The number of amides is 1. The maximum Gasteiger partial charge on any atom is 0.234 e. The molecule has 2 N–H and O–H groups in total. The van der Waals surface area contributed by atoms with Gasteiger partial charge in [-0.15, -0.1) is 0 Å². The third kappa shape index (κ3) is 2.71. The van der Waals surface area contributed by atoms with Crippen molar-refractivity contribution in [1.82, 2.24) is 4.90 Å². The second-order valence-electron chi connectivity index (χ2n) is 3.94. The lowest BCUT2D eigenvalue weighted by Crippen LogP contribution is -2.48. The van der Waals surface area contributed by atoms with Gasteiger partial charge in [-0.05, 0) is 26.3 Å². The monoisotopic (exact) mass is 195 g/mol. The molecule has 1 fully saturated rings. The Morgan fingerprint density at radius 3 is 3.00 bits per heavy atom. The molecule has 4 heteroatoms. The molecule has 0 spiro atoms. The first-order valence-corrected chi connectivity index (χ1v) is 5.08. The van der Waals surface area contributed by atoms with Crippen LogP contribution in [0.4, 0.5) is 0 Å². The number of hydrogen-bond acceptors (Lipinski definition) is 3. The van der Waals surface area contributed by atoms with Gasteiger partial charge in [0.2, 0.25) is 5.91 Å². The van der Waals surface area contributed by atoms with E-state index in [2.05, 4.69) is 6.07 Å². The summed E-state index contributed by atoms with van der Waals surface area (Å²) in [4.78, 5) is 13.2. The van der Waals surface area contributed by atoms with Gasteiger partial charge in [-0.25, -0.2) is 0 Å². The fraction of sp³-hybridized carbons (Fsp3) is 0.800. The van der Waals surface area contributed by atoms with E-state index in [0.29, 0.717) is 6.54 Å². The van der Waals surface area contributed by atoms with Gasteiger partial charge < -0.3 is 5.73 Å². The van der Waals surface area contributed by atoms with Gasteiger partial charge in [0.1, 0.15) is 0 Å². The molecule has 1 saturated heterocycles. The van der Waals surface area contributed by atoms with Crippen LogP contribution in [-0.4, -0.2) is 29.9 Å². The van der Waals surface area contributed by atoms with Gasteiger partial charge in [0.25, 0.3) is 0 Å². The van der Waals surface area contributed by atoms with E-state index in [1.54, 1.807) is 0 Å². The van der Waals surface area contributed by atoms with E-state index in [0.717, 1.165) is 25.8 Å². The molecule has 0 aromatic rings.